The van der Waals surface area contributed by atoms with Crippen molar-refractivity contribution in [2.75, 3.05) is 19.7 Å². The van der Waals surface area contributed by atoms with Crippen LogP contribution in [-0.2, 0) is 0 Å². The van der Waals surface area contributed by atoms with Gasteiger partial charge in [0.05, 0.1) is 6.61 Å². The summed E-state index contributed by atoms with van der Waals surface area (Å²) in [5, 5.41) is 12.9. The fourth-order valence-electron chi connectivity index (χ4n) is 1.82. The zero-order chi connectivity index (χ0) is 10.5. The average Bonchev–Trinajstić information content (AvgIpc) is 2.66. The lowest BCUT2D eigenvalue weighted by Gasteiger charge is -2.22. The van der Waals surface area contributed by atoms with E-state index in [2.05, 4.69) is 15.5 Å². The van der Waals surface area contributed by atoms with Gasteiger partial charge in [-0.25, -0.2) is 0 Å². The van der Waals surface area contributed by atoms with Gasteiger partial charge in [-0.15, -0.1) is 10.2 Å². The number of ether oxygens (including phenoxy) is 1. The number of piperidine rings is 1. The summed E-state index contributed by atoms with van der Waals surface area (Å²) in [6.45, 7) is 5.02. The molecule has 1 atom stereocenters. The van der Waals surface area contributed by atoms with E-state index in [0.717, 1.165) is 30.5 Å². The van der Waals surface area contributed by atoms with E-state index in [1.54, 1.807) is 0 Å². The minimum Gasteiger partial charge on any atom is -0.469 e. The van der Waals surface area contributed by atoms with Gasteiger partial charge in [-0.2, -0.15) is 0 Å². The van der Waals surface area contributed by atoms with Crippen LogP contribution in [0.15, 0.2) is 0 Å². The van der Waals surface area contributed by atoms with E-state index in [0.29, 0.717) is 5.19 Å². The Kier molecular flexibility index (Phi) is 3.91. The van der Waals surface area contributed by atoms with Crippen molar-refractivity contribution in [3.63, 3.8) is 0 Å². The monoisotopic (exact) mass is 227 g/mol. The zero-order valence-corrected chi connectivity index (χ0v) is 9.85. The highest BCUT2D eigenvalue weighted by atomic mass is 32.1. The van der Waals surface area contributed by atoms with Gasteiger partial charge in [0.15, 0.2) is 0 Å². The second kappa shape index (κ2) is 5.42. The molecule has 1 aromatic rings. The Morgan fingerprint density at radius 1 is 1.53 bits per heavy atom. The maximum atomic E-state index is 5.55. The van der Waals surface area contributed by atoms with E-state index in [1.165, 1.54) is 30.7 Å². The quantitative estimate of drug-likeness (QED) is 0.849. The molecule has 1 fully saturated rings. The van der Waals surface area contributed by atoms with Gasteiger partial charge < -0.3 is 10.1 Å². The van der Waals surface area contributed by atoms with Crippen LogP contribution in [0.2, 0.25) is 0 Å². The third-order valence-corrected chi connectivity index (χ3v) is 3.41. The highest BCUT2D eigenvalue weighted by molar-refractivity contribution is 7.12. The molecule has 2 heterocycles. The van der Waals surface area contributed by atoms with Gasteiger partial charge in [-0.3, -0.25) is 0 Å². The summed E-state index contributed by atoms with van der Waals surface area (Å²) < 4.78 is 5.55. The van der Waals surface area contributed by atoms with Crippen LogP contribution in [-0.4, -0.2) is 29.9 Å². The summed E-state index contributed by atoms with van der Waals surface area (Å²) in [5.74, 6) is 0.771. The molecule has 1 aliphatic heterocycles. The van der Waals surface area contributed by atoms with E-state index >= 15 is 0 Å². The van der Waals surface area contributed by atoms with Gasteiger partial charge >= 0.3 is 0 Å². The Hall–Kier alpha value is -0.680. The Morgan fingerprint density at radius 2 is 2.47 bits per heavy atom. The molecule has 15 heavy (non-hydrogen) atoms. The van der Waals surface area contributed by atoms with E-state index in [1.807, 2.05) is 6.92 Å². The second-order valence-electron chi connectivity index (χ2n) is 3.94. The number of hydrogen-bond acceptors (Lipinski definition) is 5. The largest absolute Gasteiger partial charge is 0.469 e. The Balaban J connectivity index is 1.65. The number of aryl methyl sites for hydroxylation is 1. The molecular formula is C10H17N3OS. The summed E-state index contributed by atoms with van der Waals surface area (Å²) in [7, 11) is 0. The van der Waals surface area contributed by atoms with Gasteiger partial charge in [-0.05, 0) is 45.2 Å². The normalized spacial score (nSPS) is 21.5. The third kappa shape index (κ3) is 3.43. The van der Waals surface area contributed by atoms with Crippen LogP contribution in [0.1, 0.15) is 24.3 Å². The van der Waals surface area contributed by atoms with E-state index in [9.17, 15) is 0 Å². The van der Waals surface area contributed by atoms with Crippen LogP contribution in [0.5, 0.6) is 5.19 Å². The summed E-state index contributed by atoms with van der Waals surface area (Å²) in [4.78, 5) is 0. The molecule has 5 heteroatoms. The molecule has 1 aliphatic rings. The molecule has 0 bridgehead atoms. The number of nitrogens with zero attached hydrogens (tertiary/aromatic N) is 2. The minimum atomic E-state index is 0.705. The molecule has 0 saturated carbocycles. The van der Waals surface area contributed by atoms with Crippen molar-refractivity contribution in [3.05, 3.63) is 5.01 Å². The molecule has 0 amide bonds. The molecule has 84 valence electrons. The van der Waals surface area contributed by atoms with Crippen LogP contribution in [0, 0.1) is 12.8 Å². The highest BCUT2D eigenvalue weighted by Gasteiger charge is 2.13. The van der Waals surface area contributed by atoms with Crippen molar-refractivity contribution in [2.45, 2.75) is 26.2 Å². The molecule has 0 spiro atoms. The fourth-order valence-corrected chi connectivity index (χ4v) is 2.38. The molecule has 0 aliphatic carbocycles. The predicted molar refractivity (Wildman–Crippen MR) is 60.4 cm³/mol. The zero-order valence-electron chi connectivity index (χ0n) is 9.03. The first-order valence-electron chi connectivity index (χ1n) is 5.48. The van der Waals surface area contributed by atoms with Gasteiger partial charge in [0.1, 0.15) is 5.01 Å². The predicted octanol–water partition coefficient (Wildman–Crippen LogP) is 1.62. The van der Waals surface area contributed by atoms with Crippen molar-refractivity contribution in [3.8, 4) is 5.19 Å². The molecule has 1 unspecified atom stereocenters. The average molecular weight is 227 g/mol. The summed E-state index contributed by atoms with van der Waals surface area (Å²) in [5.41, 5.74) is 0. The molecule has 1 N–H and O–H groups in total. The van der Waals surface area contributed by atoms with Crippen molar-refractivity contribution >= 4 is 11.3 Å². The minimum absolute atomic E-state index is 0.705. The number of aromatic nitrogens is 2. The Labute approximate surface area is 94.1 Å². The highest BCUT2D eigenvalue weighted by Crippen LogP contribution is 2.18. The van der Waals surface area contributed by atoms with Crippen LogP contribution >= 0.6 is 11.3 Å². The fraction of sp³-hybridized carbons (Fsp3) is 0.800. The van der Waals surface area contributed by atoms with Crippen molar-refractivity contribution in [1.29, 1.82) is 0 Å². The lowest BCUT2D eigenvalue weighted by atomic mass is 9.97. The van der Waals surface area contributed by atoms with Crippen molar-refractivity contribution in [2.24, 2.45) is 5.92 Å². The number of nitrogens with one attached hydrogen (secondary N) is 1. The van der Waals surface area contributed by atoms with Gasteiger partial charge in [0, 0.05) is 0 Å². The maximum absolute atomic E-state index is 5.55. The maximum Gasteiger partial charge on any atom is 0.294 e. The third-order valence-electron chi connectivity index (χ3n) is 2.66. The molecule has 4 nitrogen and oxygen atoms in total. The van der Waals surface area contributed by atoms with Gasteiger partial charge in [0.25, 0.3) is 5.19 Å². The standard InChI is InChI=1S/C10H17N3OS/c1-8-12-13-10(15-8)14-6-4-9-3-2-5-11-7-9/h9,11H,2-7H2,1H3. The molecule has 0 aromatic carbocycles. The first kappa shape index (κ1) is 10.8. The topological polar surface area (TPSA) is 47.0 Å². The van der Waals surface area contributed by atoms with Gasteiger partial charge in [-0.1, -0.05) is 11.3 Å². The van der Waals surface area contributed by atoms with E-state index in [4.69, 9.17) is 4.74 Å². The van der Waals surface area contributed by atoms with E-state index in [-0.39, 0.29) is 0 Å². The van der Waals surface area contributed by atoms with Crippen LogP contribution in [0.4, 0.5) is 0 Å². The Morgan fingerprint density at radius 3 is 3.13 bits per heavy atom. The van der Waals surface area contributed by atoms with Crippen LogP contribution < -0.4 is 10.1 Å². The number of rotatable bonds is 4. The van der Waals surface area contributed by atoms with Crippen molar-refractivity contribution < 1.29 is 4.74 Å². The molecular weight excluding hydrogens is 210 g/mol. The molecule has 1 saturated heterocycles. The summed E-state index contributed by atoms with van der Waals surface area (Å²) in [6.07, 6.45) is 3.74. The second-order valence-corrected chi connectivity index (χ2v) is 5.08. The number of hydrogen-bond donors (Lipinski definition) is 1. The lowest BCUT2D eigenvalue weighted by Crippen LogP contribution is -2.30. The lowest BCUT2D eigenvalue weighted by molar-refractivity contribution is 0.252. The van der Waals surface area contributed by atoms with E-state index < -0.39 is 0 Å². The van der Waals surface area contributed by atoms with Crippen LogP contribution in [0.25, 0.3) is 0 Å². The smallest absolute Gasteiger partial charge is 0.294 e. The summed E-state index contributed by atoms with van der Waals surface area (Å²) in [6, 6.07) is 0. The molecule has 0 radical (unpaired) electrons. The first-order valence-corrected chi connectivity index (χ1v) is 6.30. The summed E-state index contributed by atoms with van der Waals surface area (Å²) >= 11 is 1.51. The molecule has 1 aromatic heterocycles. The SMILES string of the molecule is Cc1nnc(OCCC2CCCNC2)s1. The first-order chi connectivity index (χ1) is 7.34. The van der Waals surface area contributed by atoms with Crippen molar-refractivity contribution in [1.82, 2.24) is 15.5 Å². The molecule has 2 rings (SSSR count). The Bertz CT molecular complexity index is 297. The van der Waals surface area contributed by atoms with Gasteiger partial charge in [0.2, 0.25) is 0 Å². The van der Waals surface area contributed by atoms with Crippen LogP contribution in [0.3, 0.4) is 0 Å².